The number of nitrogens with zero attached hydrogens (tertiary/aromatic N) is 1. The van der Waals surface area contributed by atoms with E-state index in [0.29, 0.717) is 18.9 Å². The fourth-order valence-electron chi connectivity index (χ4n) is 1.47. The summed E-state index contributed by atoms with van der Waals surface area (Å²) in [6.45, 7) is 1.41. The molecule has 0 heterocycles. The molecule has 1 aromatic carbocycles. The monoisotopic (exact) mass is 283 g/mol. The summed E-state index contributed by atoms with van der Waals surface area (Å²) in [5.74, 6) is 6.25. The molecule has 0 aliphatic carbocycles. The summed E-state index contributed by atoms with van der Waals surface area (Å²) >= 11 is 5.54. The third kappa shape index (κ3) is 6.47. The lowest BCUT2D eigenvalue weighted by molar-refractivity contribution is 0.271. The second kappa shape index (κ2) is 8.79. The Labute approximate surface area is 119 Å². The van der Waals surface area contributed by atoms with Crippen LogP contribution in [0.15, 0.2) is 18.2 Å². The molecule has 0 saturated heterocycles. The van der Waals surface area contributed by atoms with Crippen LogP contribution in [0.25, 0.3) is 0 Å². The van der Waals surface area contributed by atoms with Gasteiger partial charge in [0.15, 0.2) is 11.6 Å². The Kier molecular flexibility index (Phi) is 7.32. The number of ether oxygens (including phenoxy) is 1. The second-order valence-electron chi connectivity index (χ2n) is 4.39. The van der Waals surface area contributed by atoms with E-state index in [2.05, 4.69) is 16.7 Å². The van der Waals surface area contributed by atoms with Gasteiger partial charge in [-0.15, -0.1) is 11.6 Å². The molecule has 19 heavy (non-hydrogen) atoms. The van der Waals surface area contributed by atoms with Crippen LogP contribution < -0.4 is 4.74 Å². The topological polar surface area (TPSA) is 12.5 Å². The van der Waals surface area contributed by atoms with Gasteiger partial charge in [-0.1, -0.05) is 11.8 Å². The van der Waals surface area contributed by atoms with Crippen LogP contribution in [0.2, 0.25) is 0 Å². The van der Waals surface area contributed by atoms with Gasteiger partial charge in [-0.3, -0.25) is 0 Å². The maximum Gasteiger partial charge on any atom is 0.165 e. The zero-order valence-corrected chi connectivity index (χ0v) is 12.1. The predicted molar refractivity (Wildman–Crippen MR) is 77.3 cm³/mol. The fourth-order valence-corrected chi connectivity index (χ4v) is 1.56. The smallest absolute Gasteiger partial charge is 0.165 e. The minimum atomic E-state index is -0.354. The minimum absolute atomic E-state index is 0.261. The van der Waals surface area contributed by atoms with Gasteiger partial charge in [0.05, 0.1) is 6.61 Å². The van der Waals surface area contributed by atoms with Gasteiger partial charge in [-0.2, -0.15) is 0 Å². The second-order valence-corrected chi connectivity index (χ2v) is 4.77. The largest absolute Gasteiger partial charge is 0.490 e. The molecule has 0 unspecified atom stereocenters. The van der Waals surface area contributed by atoms with Crippen LogP contribution in [0.4, 0.5) is 4.39 Å². The van der Waals surface area contributed by atoms with E-state index in [-0.39, 0.29) is 11.6 Å². The van der Waals surface area contributed by atoms with Gasteiger partial charge < -0.3 is 9.64 Å². The van der Waals surface area contributed by atoms with E-state index >= 15 is 0 Å². The number of rotatable bonds is 6. The fraction of sp³-hybridized carbons (Fsp3) is 0.467. The number of halogens is 2. The summed E-state index contributed by atoms with van der Waals surface area (Å²) in [7, 11) is 3.99. The van der Waals surface area contributed by atoms with Crippen LogP contribution >= 0.6 is 11.6 Å². The van der Waals surface area contributed by atoms with Crippen LogP contribution in [0.3, 0.4) is 0 Å². The molecule has 0 aliphatic rings. The molecule has 0 fully saturated rings. The Morgan fingerprint density at radius 1 is 1.37 bits per heavy atom. The Balaban J connectivity index is 2.57. The van der Waals surface area contributed by atoms with Crippen molar-refractivity contribution in [2.75, 3.05) is 33.1 Å². The highest BCUT2D eigenvalue weighted by Crippen LogP contribution is 2.18. The lowest BCUT2D eigenvalue weighted by atomic mass is 10.2. The van der Waals surface area contributed by atoms with Crippen molar-refractivity contribution in [3.8, 4) is 17.6 Å². The molecule has 0 amide bonds. The van der Waals surface area contributed by atoms with E-state index in [0.717, 1.165) is 18.5 Å². The molecular formula is C15H19ClFNO. The van der Waals surface area contributed by atoms with E-state index < -0.39 is 0 Å². The van der Waals surface area contributed by atoms with E-state index in [9.17, 15) is 4.39 Å². The number of hydrogen-bond donors (Lipinski definition) is 0. The Morgan fingerprint density at radius 3 is 2.84 bits per heavy atom. The minimum Gasteiger partial charge on any atom is -0.490 e. The van der Waals surface area contributed by atoms with Crippen molar-refractivity contribution >= 4 is 11.6 Å². The molecule has 0 aromatic heterocycles. The molecule has 0 atom stereocenters. The summed E-state index contributed by atoms with van der Waals surface area (Å²) in [5, 5.41) is 0. The standard InChI is InChI=1S/C15H19ClFNO/c1-18(2)10-5-11-19-15-12-13(6-3-4-9-16)7-8-14(15)17/h7-8,12H,4-5,9-11H2,1-2H3. The molecular weight excluding hydrogens is 265 g/mol. The van der Waals surface area contributed by atoms with Gasteiger partial charge in [0.25, 0.3) is 0 Å². The highest BCUT2D eigenvalue weighted by atomic mass is 35.5. The third-order valence-corrected chi connectivity index (χ3v) is 2.58. The zero-order chi connectivity index (χ0) is 14.1. The molecule has 0 N–H and O–H groups in total. The van der Waals surface area contributed by atoms with Gasteiger partial charge in [0, 0.05) is 24.4 Å². The first-order chi connectivity index (χ1) is 9.13. The van der Waals surface area contributed by atoms with Crippen molar-refractivity contribution in [1.29, 1.82) is 0 Å². The normalized spacial score (nSPS) is 10.2. The van der Waals surface area contributed by atoms with E-state index in [1.807, 2.05) is 14.1 Å². The molecule has 0 bridgehead atoms. The molecule has 0 radical (unpaired) electrons. The first-order valence-electron chi connectivity index (χ1n) is 6.25. The molecule has 1 aromatic rings. The lowest BCUT2D eigenvalue weighted by Crippen LogP contribution is -2.15. The first kappa shape index (κ1) is 15.8. The molecule has 104 valence electrons. The summed E-state index contributed by atoms with van der Waals surface area (Å²) in [5.41, 5.74) is 0.745. The predicted octanol–water partition coefficient (Wildman–Crippen LogP) is 3.14. The summed E-state index contributed by atoms with van der Waals surface area (Å²) in [6, 6.07) is 4.65. The highest BCUT2D eigenvalue weighted by molar-refractivity contribution is 6.18. The summed E-state index contributed by atoms with van der Waals surface area (Å²) < 4.78 is 19.0. The third-order valence-electron chi connectivity index (χ3n) is 2.39. The Morgan fingerprint density at radius 2 is 2.16 bits per heavy atom. The number of benzene rings is 1. The van der Waals surface area contributed by atoms with Gasteiger partial charge >= 0.3 is 0 Å². The number of hydrogen-bond acceptors (Lipinski definition) is 2. The maximum absolute atomic E-state index is 13.5. The van der Waals surface area contributed by atoms with Gasteiger partial charge in [-0.05, 0) is 38.7 Å². The quantitative estimate of drug-likeness (QED) is 0.452. The van der Waals surface area contributed by atoms with Crippen molar-refractivity contribution in [1.82, 2.24) is 4.90 Å². The van der Waals surface area contributed by atoms with Crippen LogP contribution in [0.1, 0.15) is 18.4 Å². The number of alkyl halides is 1. The van der Waals surface area contributed by atoms with Crippen LogP contribution in [-0.2, 0) is 0 Å². The maximum atomic E-state index is 13.5. The molecule has 0 aliphatic heterocycles. The van der Waals surface area contributed by atoms with Crippen molar-refractivity contribution in [2.45, 2.75) is 12.8 Å². The molecule has 4 heteroatoms. The SMILES string of the molecule is CN(C)CCCOc1cc(C#CCCCl)ccc1F. The Bertz CT molecular complexity index is 451. The summed E-state index contributed by atoms with van der Waals surface area (Å²) in [4.78, 5) is 2.06. The molecule has 0 saturated carbocycles. The van der Waals surface area contributed by atoms with E-state index in [1.165, 1.54) is 6.07 Å². The van der Waals surface area contributed by atoms with Crippen molar-refractivity contribution < 1.29 is 9.13 Å². The van der Waals surface area contributed by atoms with Crippen LogP contribution in [0, 0.1) is 17.7 Å². The zero-order valence-electron chi connectivity index (χ0n) is 11.4. The van der Waals surface area contributed by atoms with Crippen molar-refractivity contribution in [2.24, 2.45) is 0 Å². The molecule has 1 rings (SSSR count). The van der Waals surface area contributed by atoms with Crippen molar-refractivity contribution in [3.63, 3.8) is 0 Å². The molecule has 2 nitrogen and oxygen atoms in total. The first-order valence-corrected chi connectivity index (χ1v) is 6.79. The van der Waals surface area contributed by atoms with Crippen molar-refractivity contribution in [3.05, 3.63) is 29.6 Å². The average molecular weight is 284 g/mol. The Hall–Kier alpha value is -1.24. The van der Waals surface area contributed by atoms with Crippen LogP contribution in [-0.4, -0.2) is 38.0 Å². The van der Waals surface area contributed by atoms with Gasteiger partial charge in [-0.25, -0.2) is 4.39 Å². The highest BCUT2D eigenvalue weighted by Gasteiger charge is 2.04. The lowest BCUT2D eigenvalue weighted by Gasteiger charge is -2.11. The average Bonchev–Trinajstić information content (AvgIpc) is 2.38. The van der Waals surface area contributed by atoms with E-state index in [1.54, 1.807) is 12.1 Å². The summed E-state index contributed by atoms with van der Waals surface area (Å²) in [6.07, 6.45) is 1.48. The molecule has 0 spiro atoms. The van der Waals surface area contributed by atoms with E-state index in [4.69, 9.17) is 16.3 Å². The van der Waals surface area contributed by atoms with Gasteiger partial charge in [0.1, 0.15) is 0 Å². The van der Waals surface area contributed by atoms with Gasteiger partial charge in [0.2, 0.25) is 0 Å². The van der Waals surface area contributed by atoms with Crippen LogP contribution in [0.5, 0.6) is 5.75 Å².